The lowest BCUT2D eigenvalue weighted by molar-refractivity contribution is 0.0385. The van der Waals surface area contributed by atoms with Crippen molar-refractivity contribution < 1.29 is 25.2 Å². The average Bonchev–Trinajstić information content (AvgIpc) is 1.63. The first-order valence-corrected chi connectivity index (χ1v) is 36.6. The number of aryl methyl sites for hydroxylation is 5. The summed E-state index contributed by atoms with van der Waals surface area (Å²) in [5, 5.41) is 50.3. The summed E-state index contributed by atoms with van der Waals surface area (Å²) in [6.45, 7) is 22.4. The van der Waals surface area contributed by atoms with Crippen molar-refractivity contribution in [3.05, 3.63) is 263 Å². The van der Waals surface area contributed by atoms with Crippen LogP contribution < -0.4 is 4.74 Å². The van der Waals surface area contributed by atoms with Crippen LogP contribution in [-0.4, -0.2) is 130 Å². The fourth-order valence-electron chi connectivity index (χ4n) is 16.0. The summed E-state index contributed by atoms with van der Waals surface area (Å²) in [4.78, 5) is 17.8. The number of aliphatic hydroxyl groups excluding tert-OH is 3. The number of halogens is 2. The van der Waals surface area contributed by atoms with Crippen LogP contribution in [-0.2, 0) is 83.6 Å². The lowest BCUT2D eigenvalue weighted by Crippen LogP contribution is -2.31. The number of likely N-dealkylation sites (N-methyl/N-ethyl adjacent to an activating group) is 4. The minimum atomic E-state index is -0.894. The Labute approximate surface area is 610 Å². The zero-order valence-electron chi connectivity index (χ0n) is 61.0. The maximum atomic E-state index is 11.2. The summed E-state index contributed by atoms with van der Waals surface area (Å²) in [5.74, 6) is 0.840. The molecule has 6 aromatic heterocycles. The summed E-state index contributed by atoms with van der Waals surface area (Å²) in [5.41, 5.74) is 24.1. The summed E-state index contributed by atoms with van der Waals surface area (Å²) >= 11 is 12.5. The molecule has 0 amide bonds. The van der Waals surface area contributed by atoms with Gasteiger partial charge in [-0.3, -0.25) is 9.97 Å². The molecule has 4 N–H and O–H groups in total. The standard InChI is InChI=1S/C22H25ClN2O2.C22H26N2O.C21H25N3O.C20H22ClN3O/c1-14-10-15(4-7-22(14)27-3)21(26)13-25-19-6-5-16(23)11-17(19)18-12-24(2)9-8-20(18)25;1-16-9-10-20-18(13-16)19-14-23(3)12-11-21(19)24(20)15-22(2,25)17-7-5-4-6-8-17;1-14-4-5-19-17(9-14)18-12-23(3)7-6-20(18)24(19)13-21(25)16-8-15(2)10-22-11-16;1-13-7-14(10-22-9-13)20(25)12-24-18-4-3-15(21)8-16(18)17-11-23(2)6-5-19(17)24/h4-7,10-11,21,26H,8-9,12-13H2,1-3H3;4-10,13,25H,11-12,14-15H2,1-3H3;4-5,8-11,21,25H,6-7,12-13H2,1-3H3;3-4,7-10,20,25H,5-6,11-12H2,1-2H3. The van der Waals surface area contributed by atoms with E-state index in [0.717, 1.165) is 144 Å². The number of rotatable bonds is 13. The average molecular weight is 1410 g/mol. The number of methoxy groups -OCH3 is 1. The number of hydrogen-bond donors (Lipinski definition) is 4. The van der Waals surface area contributed by atoms with Crippen LogP contribution in [0, 0.1) is 34.6 Å². The van der Waals surface area contributed by atoms with Gasteiger partial charge in [-0.2, -0.15) is 0 Å². The molecule has 532 valence electrons. The molecule has 6 aromatic carbocycles. The molecule has 16 rings (SSSR count). The Morgan fingerprint density at radius 2 is 0.804 bits per heavy atom. The van der Waals surface area contributed by atoms with Gasteiger partial charge < -0.3 is 63.0 Å². The molecule has 0 saturated heterocycles. The second-order valence-corrected chi connectivity index (χ2v) is 30.3. The van der Waals surface area contributed by atoms with Crippen molar-refractivity contribution in [2.24, 2.45) is 0 Å². The maximum absolute atomic E-state index is 11.2. The second kappa shape index (κ2) is 30.6. The maximum Gasteiger partial charge on any atom is 0.121 e. The Morgan fingerprint density at radius 3 is 1.20 bits per heavy atom. The number of benzene rings is 6. The fraction of sp³-hybridized carbons (Fsp3) is 0.365. The van der Waals surface area contributed by atoms with Crippen molar-refractivity contribution in [3.63, 3.8) is 0 Å². The third-order valence-corrected chi connectivity index (χ3v) is 21.8. The van der Waals surface area contributed by atoms with Gasteiger partial charge in [-0.05, 0) is 193 Å². The summed E-state index contributed by atoms with van der Waals surface area (Å²) in [7, 11) is 10.3. The summed E-state index contributed by atoms with van der Waals surface area (Å²) in [6.07, 6.45) is 9.46. The van der Waals surface area contributed by atoms with E-state index in [1.807, 2.05) is 113 Å². The second-order valence-electron chi connectivity index (χ2n) is 29.4. The number of aliphatic hydroxyl groups is 4. The fourth-order valence-corrected chi connectivity index (χ4v) is 16.3. The molecule has 15 nitrogen and oxygen atoms in total. The van der Waals surface area contributed by atoms with E-state index in [-0.39, 0.29) is 0 Å². The molecule has 4 atom stereocenters. The van der Waals surface area contributed by atoms with Crippen molar-refractivity contribution in [1.82, 2.24) is 47.8 Å². The quantitative estimate of drug-likeness (QED) is 0.0874. The van der Waals surface area contributed by atoms with Gasteiger partial charge in [0.15, 0.2) is 0 Å². The molecular formula is C85H98Cl2N10O5. The summed E-state index contributed by atoms with van der Waals surface area (Å²) < 4.78 is 14.6. The van der Waals surface area contributed by atoms with Crippen LogP contribution in [0.25, 0.3) is 43.6 Å². The molecule has 17 heteroatoms. The van der Waals surface area contributed by atoms with Crippen LogP contribution in [0.5, 0.6) is 5.75 Å². The van der Waals surface area contributed by atoms with E-state index in [4.69, 9.17) is 27.9 Å². The van der Waals surface area contributed by atoms with Crippen LogP contribution in [0.2, 0.25) is 10.0 Å². The van der Waals surface area contributed by atoms with Crippen LogP contribution in [0.1, 0.15) is 120 Å². The SMILES string of the molecule is COc1ccc(C(O)Cn2c3c(c4cc(Cl)ccc42)CN(C)CC3)cc1C.Cc1ccc2c(c1)c1c(n2CC(C)(O)c2ccccc2)CCN(C)C1.Cc1cncc(C(O)Cn2c3c(c4cc(C)ccc42)CN(C)CC3)c1.Cc1cncc(C(O)Cn2c3c(c4cc(Cl)ccc42)CN(C)CC3)c1. The molecule has 102 heavy (non-hydrogen) atoms. The first-order valence-electron chi connectivity index (χ1n) is 35.8. The van der Waals surface area contributed by atoms with Gasteiger partial charge in [0.05, 0.1) is 51.6 Å². The zero-order chi connectivity index (χ0) is 71.8. The molecule has 0 bridgehead atoms. The Bertz CT molecular complexity index is 4860. The predicted octanol–water partition coefficient (Wildman–Crippen LogP) is 15.3. The highest BCUT2D eigenvalue weighted by Gasteiger charge is 2.31. The highest BCUT2D eigenvalue weighted by atomic mass is 35.5. The van der Waals surface area contributed by atoms with Gasteiger partial charge in [0.25, 0.3) is 0 Å². The Morgan fingerprint density at radius 1 is 0.431 bits per heavy atom. The van der Waals surface area contributed by atoms with Crippen LogP contribution in [0.3, 0.4) is 0 Å². The first kappa shape index (κ1) is 72.2. The van der Waals surface area contributed by atoms with Crippen LogP contribution in [0.15, 0.2) is 158 Å². The topological polar surface area (TPSA) is 149 Å². The molecule has 0 radical (unpaired) electrons. The van der Waals surface area contributed by atoms with E-state index in [2.05, 4.69) is 144 Å². The molecule has 12 aromatic rings. The zero-order valence-corrected chi connectivity index (χ0v) is 62.5. The van der Waals surface area contributed by atoms with Gasteiger partial charge in [-0.15, -0.1) is 0 Å². The number of ether oxygens (including phenoxy) is 1. The van der Waals surface area contributed by atoms with E-state index in [1.54, 1.807) is 25.7 Å². The monoisotopic (exact) mass is 1410 g/mol. The lowest BCUT2D eigenvalue weighted by Gasteiger charge is -2.29. The normalized spacial score (nSPS) is 16.4. The molecule has 4 aliphatic heterocycles. The molecular weight excluding hydrogens is 1310 g/mol. The van der Waals surface area contributed by atoms with Crippen LogP contribution in [0.4, 0.5) is 0 Å². The van der Waals surface area contributed by atoms with Gasteiger partial charge in [-0.1, -0.05) is 95.0 Å². The number of hydrogen-bond acceptors (Lipinski definition) is 11. The van der Waals surface area contributed by atoms with Crippen molar-refractivity contribution in [3.8, 4) is 5.75 Å². The largest absolute Gasteiger partial charge is 0.496 e. The van der Waals surface area contributed by atoms with Gasteiger partial charge in [0.2, 0.25) is 0 Å². The minimum absolute atomic E-state index is 0.530. The number of aromatic nitrogens is 6. The molecule has 0 saturated carbocycles. The van der Waals surface area contributed by atoms with E-state index in [1.165, 1.54) is 88.7 Å². The molecule has 4 unspecified atom stereocenters. The Balaban J connectivity index is 0.000000121. The van der Waals surface area contributed by atoms with Gasteiger partial charge in [0.1, 0.15) is 11.4 Å². The Hall–Kier alpha value is -8.16. The van der Waals surface area contributed by atoms with E-state index >= 15 is 0 Å². The van der Waals surface area contributed by atoms with Crippen molar-refractivity contribution in [1.29, 1.82) is 0 Å². The van der Waals surface area contributed by atoms with Crippen molar-refractivity contribution in [2.45, 2.75) is 143 Å². The third kappa shape index (κ3) is 15.4. The number of nitrogens with zero attached hydrogens (tertiary/aromatic N) is 10. The lowest BCUT2D eigenvalue weighted by atomic mass is 9.95. The van der Waals surface area contributed by atoms with Gasteiger partial charge in [0, 0.05) is 190 Å². The first-order chi connectivity index (χ1) is 49.0. The van der Waals surface area contributed by atoms with Gasteiger partial charge >= 0.3 is 0 Å². The van der Waals surface area contributed by atoms with E-state index in [9.17, 15) is 20.4 Å². The molecule has 0 spiro atoms. The smallest absolute Gasteiger partial charge is 0.121 e. The third-order valence-electron chi connectivity index (χ3n) is 21.3. The minimum Gasteiger partial charge on any atom is -0.496 e. The molecule has 10 heterocycles. The molecule has 0 fully saturated rings. The van der Waals surface area contributed by atoms with Crippen molar-refractivity contribution in [2.75, 3.05) is 61.5 Å². The predicted molar refractivity (Wildman–Crippen MR) is 414 cm³/mol. The van der Waals surface area contributed by atoms with E-state index < -0.39 is 23.9 Å². The highest BCUT2D eigenvalue weighted by Crippen LogP contribution is 2.39. The molecule has 4 aliphatic rings. The van der Waals surface area contributed by atoms with E-state index in [0.29, 0.717) is 26.2 Å². The Kier molecular flexibility index (Phi) is 21.7. The van der Waals surface area contributed by atoms with Gasteiger partial charge in [-0.25, -0.2) is 0 Å². The number of fused-ring (bicyclic) bond motifs is 12. The highest BCUT2D eigenvalue weighted by molar-refractivity contribution is 6.31. The summed E-state index contributed by atoms with van der Waals surface area (Å²) in [6, 6.07) is 45.3. The number of pyridine rings is 2. The van der Waals surface area contributed by atoms with Crippen LogP contribution >= 0.6 is 23.2 Å². The van der Waals surface area contributed by atoms with Crippen molar-refractivity contribution >= 4 is 66.8 Å². The molecule has 0 aliphatic carbocycles.